The zero-order valence-electron chi connectivity index (χ0n) is 17.6. The number of methoxy groups -OCH3 is 1. The van der Waals surface area contributed by atoms with Crippen LogP contribution in [0.4, 0.5) is 11.6 Å². The molecule has 0 fully saturated rings. The number of para-hydroxylation sites is 3. The van der Waals surface area contributed by atoms with E-state index < -0.39 is 0 Å². The average molecular weight is 445 g/mol. The highest BCUT2D eigenvalue weighted by molar-refractivity contribution is 6.33. The molecule has 0 bridgehead atoms. The van der Waals surface area contributed by atoms with E-state index in [9.17, 15) is 4.79 Å². The summed E-state index contributed by atoms with van der Waals surface area (Å²) in [5, 5.41) is 6.78. The molecule has 1 amide bonds. The van der Waals surface area contributed by atoms with Crippen molar-refractivity contribution >= 4 is 40.2 Å². The number of nitrogens with zero attached hydrogens (tertiary/aromatic N) is 2. The van der Waals surface area contributed by atoms with Gasteiger partial charge in [-0.3, -0.25) is 9.36 Å². The second-order valence-corrected chi connectivity index (χ2v) is 7.97. The normalized spacial score (nSPS) is 15.3. The Morgan fingerprint density at radius 3 is 2.53 bits per heavy atom. The first-order valence-electron chi connectivity index (χ1n) is 10.2. The van der Waals surface area contributed by atoms with Gasteiger partial charge in [0.1, 0.15) is 5.75 Å². The standard InChI is InChI=1S/C25H21ClN4O2/c1-15-22(24(31)28-19-8-4-3-7-18(19)26)23(16-11-13-17(32-2)14-12-16)30-21-10-6-5-9-20(21)29-25(30)27-15/h3-14,23H,1-2H3,(H,27,29)(H,28,31). The fourth-order valence-corrected chi connectivity index (χ4v) is 4.29. The van der Waals surface area contributed by atoms with Crippen LogP contribution in [-0.4, -0.2) is 22.6 Å². The number of carbonyl (C=O) groups excluding carboxylic acids is 1. The molecule has 0 spiro atoms. The highest BCUT2D eigenvalue weighted by Crippen LogP contribution is 2.40. The Balaban J connectivity index is 1.66. The molecule has 4 aromatic rings. The molecular formula is C25H21ClN4O2. The maximum absolute atomic E-state index is 13.6. The molecule has 6 nitrogen and oxygen atoms in total. The Kier molecular flexibility index (Phi) is 5.07. The van der Waals surface area contributed by atoms with E-state index in [-0.39, 0.29) is 11.9 Å². The van der Waals surface area contributed by atoms with Crippen molar-refractivity contribution in [2.75, 3.05) is 17.7 Å². The Hall–Kier alpha value is -3.77. The summed E-state index contributed by atoms with van der Waals surface area (Å²) in [5.41, 5.74) is 4.62. The summed E-state index contributed by atoms with van der Waals surface area (Å²) >= 11 is 6.30. The number of hydrogen-bond donors (Lipinski definition) is 2. The van der Waals surface area contributed by atoms with E-state index in [4.69, 9.17) is 21.3 Å². The van der Waals surface area contributed by atoms with Gasteiger partial charge in [0.15, 0.2) is 0 Å². The van der Waals surface area contributed by atoms with Crippen molar-refractivity contribution in [1.82, 2.24) is 9.55 Å². The van der Waals surface area contributed by atoms with Crippen LogP contribution >= 0.6 is 11.6 Å². The van der Waals surface area contributed by atoms with Crippen molar-refractivity contribution in [2.24, 2.45) is 0 Å². The van der Waals surface area contributed by atoms with Gasteiger partial charge >= 0.3 is 0 Å². The van der Waals surface area contributed by atoms with Gasteiger partial charge in [0.05, 0.1) is 40.5 Å². The number of halogens is 1. The third-order valence-corrected chi connectivity index (χ3v) is 5.96. The predicted octanol–water partition coefficient (Wildman–Crippen LogP) is 5.63. The van der Waals surface area contributed by atoms with Crippen molar-refractivity contribution in [2.45, 2.75) is 13.0 Å². The van der Waals surface area contributed by atoms with Crippen LogP contribution < -0.4 is 15.4 Å². The van der Waals surface area contributed by atoms with Crippen LogP contribution in [0.15, 0.2) is 84.1 Å². The van der Waals surface area contributed by atoms with Crippen LogP contribution in [-0.2, 0) is 4.79 Å². The van der Waals surface area contributed by atoms with Gasteiger partial charge in [-0.1, -0.05) is 48.0 Å². The van der Waals surface area contributed by atoms with Gasteiger partial charge in [-0.25, -0.2) is 4.98 Å². The van der Waals surface area contributed by atoms with Crippen molar-refractivity contribution in [3.05, 3.63) is 94.7 Å². The van der Waals surface area contributed by atoms with Crippen LogP contribution in [0.2, 0.25) is 5.02 Å². The summed E-state index contributed by atoms with van der Waals surface area (Å²) in [5.74, 6) is 1.22. The molecule has 5 rings (SSSR count). The smallest absolute Gasteiger partial charge is 0.255 e. The lowest BCUT2D eigenvalue weighted by Crippen LogP contribution is -2.31. The highest BCUT2D eigenvalue weighted by Gasteiger charge is 2.34. The number of allylic oxidation sites excluding steroid dienone is 1. The molecule has 0 radical (unpaired) electrons. The third-order valence-electron chi connectivity index (χ3n) is 5.63. The van der Waals surface area contributed by atoms with E-state index in [2.05, 4.69) is 15.2 Å². The van der Waals surface area contributed by atoms with E-state index >= 15 is 0 Å². The van der Waals surface area contributed by atoms with Crippen molar-refractivity contribution in [3.8, 4) is 5.75 Å². The van der Waals surface area contributed by atoms with Gasteiger partial charge in [-0.15, -0.1) is 0 Å². The molecule has 2 heterocycles. The summed E-state index contributed by atoms with van der Waals surface area (Å²) < 4.78 is 7.39. The maximum Gasteiger partial charge on any atom is 0.255 e. The number of nitrogens with one attached hydrogen (secondary N) is 2. The Morgan fingerprint density at radius 2 is 1.78 bits per heavy atom. The second kappa shape index (κ2) is 8.05. The van der Waals surface area contributed by atoms with E-state index in [0.29, 0.717) is 22.2 Å². The van der Waals surface area contributed by atoms with Gasteiger partial charge < -0.3 is 15.4 Å². The molecule has 1 aliphatic heterocycles. The van der Waals surface area contributed by atoms with Crippen LogP contribution in [0.5, 0.6) is 5.75 Å². The molecule has 7 heteroatoms. The van der Waals surface area contributed by atoms with E-state index in [1.807, 2.05) is 67.6 Å². The molecular weight excluding hydrogens is 424 g/mol. The van der Waals surface area contributed by atoms with Crippen molar-refractivity contribution < 1.29 is 9.53 Å². The van der Waals surface area contributed by atoms with E-state index in [1.165, 1.54) is 0 Å². The number of imidazole rings is 1. The van der Waals surface area contributed by atoms with Crippen molar-refractivity contribution in [1.29, 1.82) is 0 Å². The highest BCUT2D eigenvalue weighted by atomic mass is 35.5. The van der Waals surface area contributed by atoms with Gasteiger partial charge in [0.2, 0.25) is 5.95 Å². The summed E-state index contributed by atoms with van der Waals surface area (Å²) in [6.45, 7) is 1.89. The summed E-state index contributed by atoms with van der Waals surface area (Å²) in [4.78, 5) is 18.3. The number of rotatable bonds is 4. The SMILES string of the molecule is COc1ccc(C2C(C(=O)Nc3ccccc3Cl)=C(C)Nc3nc4ccccc4n32)cc1. The summed E-state index contributed by atoms with van der Waals surface area (Å²) in [6.07, 6.45) is 0. The Morgan fingerprint density at radius 1 is 1.06 bits per heavy atom. The number of aromatic nitrogens is 2. The first-order valence-corrected chi connectivity index (χ1v) is 10.6. The second-order valence-electron chi connectivity index (χ2n) is 7.57. The van der Waals surface area contributed by atoms with Crippen LogP contribution in [0.1, 0.15) is 18.5 Å². The Labute approximate surface area is 190 Å². The average Bonchev–Trinajstić information content (AvgIpc) is 3.17. The van der Waals surface area contributed by atoms with Crippen LogP contribution in [0, 0.1) is 0 Å². The zero-order chi connectivity index (χ0) is 22.2. The monoisotopic (exact) mass is 444 g/mol. The quantitative estimate of drug-likeness (QED) is 0.428. The summed E-state index contributed by atoms with van der Waals surface area (Å²) in [7, 11) is 1.63. The van der Waals surface area contributed by atoms with Gasteiger partial charge in [-0.2, -0.15) is 0 Å². The minimum absolute atomic E-state index is 0.229. The lowest BCUT2D eigenvalue weighted by Gasteiger charge is -2.31. The minimum Gasteiger partial charge on any atom is -0.497 e. The van der Waals surface area contributed by atoms with Gasteiger partial charge in [-0.05, 0) is 48.9 Å². The number of carbonyl (C=O) groups is 1. The first-order chi connectivity index (χ1) is 15.6. The molecule has 0 aliphatic carbocycles. The number of ether oxygens (including phenoxy) is 1. The lowest BCUT2D eigenvalue weighted by atomic mass is 9.94. The molecule has 1 atom stereocenters. The fourth-order valence-electron chi connectivity index (χ4n) is 4.11. The van der Waals surface area contributed by atoms with Gasteiger partial charge in [0.25, 0.3) is 5.91 Å². The molecule has 32 heavy (non-hydrogen) atoms. The number of fused-ring (bicyclic) bond motifs is 3. The molecule has 1 aromatic heterocycles. The number of benzene rings is 3. The molecule has 0 saturated heterocycles. The first kappa shape index (κ1) is 20.2. The fraction of sp³-hybridized carbons (Fsp3) is 0.120. The number of amides is 1. The molecule has 160 valence electrons. The maximum atomic E-state index is 13.6. The summed E-state index contributed by atoms with van der Waals surface area (Å²) in [6, 6.07) is 22.5. The Bertz CT molecular complexity index is 1360. The number of anilines is 2. The molecule has 3 aromatic carbocycles. The lowest BCUT2D eigenvalue weighted by molar-refractivity contribution is -0.113. The minimum atomic E-state index is -0.382. The molecule has 0 saturated carbocycles. The van der Waals surface area contributed by atoms with Crippen LogP contribution in [0.25, 0.3) is 11.0 Å². The third kappa shape index (κ3) is 3.39. The van der Waals surface area contributed by atoms with E-state index in [1.54, 1.807) is 19.2 Å². The van der Waals surface area contributed by atoms with Crippen molar-refractivity contribution in [3.63, 3.8) is 0 Å². The number of hydrogen-bond acceptors (Lipinski definition) is 4. The zero-order valence-corrected chi connectivity index (χ0v) is 18.4. The topological polar surface area (TPSA) is 68.2 Å². The molecule has 1 unspecified atom stereocenters. The predicted molar refractivity (Wildman–Crippen MR) is 127 cm³/mol. The molecule has 2 N–H and O–H groups in total. The van der Waals surface area contributed by atoms with Crippen LogP contribution in [0.3, 0.4) is 0 Å². The molecule has 1 aliphatic rings. The van der Waals surface area contributed by atoms with E-state index in [0.717, 1.165) is 28.0 Å². The van der Waals surface area contributed by atoms with Gasteiger partial charge in [0, 0.05) is 5.70 Å². The largest absolute Gasteiger partial charge is 0.497 e.